The summed E-state index contributed by atoms with van der Waals surface area (Å²) in [6, 6.07) is 0. The maximum Gasteiger partial charge on any atom is 0.532 e. The van der Waals surface area contributed by atoms with Gasteiger partial charge in [-0.3, -0.25) is 0 Å². The van der Waals surface area contributed by atoms with Gasteiger partial charge < -0.3 is 14.0 Å². The van der Waals surface area contributed by atoms with Gasteiger partial charge in [-0.1, -0.05) is 13.2 Å². The standard InChI is InChI=1S/C11H19BO3/c1-8(2)13-9(3)12-14-10(4,5)11(6,7)15-12/h1,3H2,2,4-7H3. The van der Waals surface area contributed by atoms with Crippen molar-refractivity contribution in [2.75, 3.05) is 0 Å². The molecule has 0 unspecified atom stereocenters. The third-order valence-corrected chi connectivity index (χ3v) is 2.82. The molecule has 0 N–H and O–H groups in total. The summed E-state index contributed by atoms with van der Waals surface area (Å²) in [6.07, 6.45) is 0. The molecule has 3 nitrogen and oxygen atoms in total. The van der Waals surface area contributed by atoms with Crippen LogP contribution in [0, 0.1) is 0 Å². The molecule has 84 valence electrons. The van der Waals surface area contributed by atoms with E-state index < -0.39 is 7.12 Å². The van der Waals surface area contributed by atoms with Gasteiger partial charge in [-0.25, -0.2) is 0 Å². The lowest BCUT2D eigenvalue weighted by Gasteiger charge is -2.32. The van der Waals surface area contributed by atoms with Crippen molar-refractivity contribution in [2.24, 2.45) is 0 Å². The second kappa shape index (κ2) is 3.69. The number of ether oxygens (including phenoxy) is 1. The van der Waals surface area contributed by atoms with E-state index in [1.54, 1.807) is 6.92 Å². The van der Waals surface area contributed by atoms with Gasteiger partial charge in [-0.2, -0.15) is 0 Å². The number of hydrogen-bond acceptors (Lipinski definition) is 3. The van der Waals surface area contributed by atoms with E-state index in [0.717, 1.165) is 0 Å². The SMILES string of the molecule is C=C(C)OC(=C)B1OC(C)(C)C(C)(C)O1. The van der Waals surface area contributed by atoms with Crippen LogP contribution in [0.1, 0.15) is 34.6 Å². The molecule has 0 radical (unpaired) electrons. The highest BCUT2D eigenvalue weighted by atomic mass is 16.7. The molecule has 0 aromatic heterocycles. The van der Waals surface area contributed by atoms with Crippen molar-refractivity contribution in [3.05, 3.63) is 24.6 Å². The third kappa shape index (κ3) is 2.44. The topological polar surface area (TPSA) is 27.7 Å². The minimum Gasteiger partial charge on any atom is -0.471 e. The highest BCUT2D eigenvalue weighted by molar-refractivity contribution is 6.53. The molecule has 1 rings (SSSR count). The van der Waals surface area contributed by atoms with E-state index in [1.165, 1.54) is 0 Å². The average Bonchev–Trinajstić information content (AvgIpc) is 2.20. The van der Waals surface area contributed by atoms with Crippen LogP contribution in [-0.2, 0) is 14.0 Å². The maximum atomic E-state index is 5.74. The first-order valence-corrected chi connectivity index (χ1v) is 5.03. The fourth-order valence-electron chi connectivity index (χ4n) is 1.25. The van der Waals surface area contributed by atoms with Crippen molar-refractivity contribution >= 4 is 7.12 Å². The van der Waals surface area contributed by atoms with Crippen molar-refractivity contribution < 1.29 is 14.0 Å². The lowest BCUT2D eigenvalue weighted by Crippen LogP contribution is -2.41. The third-order valence-electron chi connectivity index (χ3n) is 2.82. The summed E-state index contributed by atoms with van der Waals surface area (Å²) in [4.78, 5) is 0. The van der Waals surface area contributed by atoms with Gasteiger partial charge in [0.05, 0.1) is 17.0 Å². The monoisotopic (exact) mass is 210 g/mol. The zero-order valence-electron chi connectivity index (χ0n) is 10.2. The molecule has 0 bridgehead atoms. The quantitative estimate of drug-likeness (QED) is 0.529. The van der Waals surface area contributed by atoms with E-state index in [2.05, 4.69) is 13.2 Å². The predicted molar refractivity (Wildman–Crippen MR) is 61.1 cm³/mol. The summed E-state index contributed by atoms with van der Waals surface area (Å²) in [5.41, 5.74) is -0.279. The fourth-order valence-corrected chi connectivity index (χ4v) is 1.25. The molecular weight excluding hydrogens is 191 g/mol. The maximum absolute atomic E-state index is 5.74. The van der Waals surface area contributed by atoms with E-state index in [1.807, 2.05) is 27.7 Å². The lowest BCUT2D eigenvalue weighted by atomic mass is 9.88. The largest absolute Gasteiger partial charge is 0.532 e. The lowest BCUT2D eigenvalue weighted by molar-refractivity contribution is 0.00578. The first-order valence-electron chi connectivity index (χ1n) is 5.03. The zero-order valence-corrected chi connectivity index (χ0v) is 10.2. The summed E-state index contributed by atoms with van der Waals surface area (Å²) in [5, 5.41) is 0. The smallest absolute Gasteiger partial charge is 0.471 e. The van der Waals surface area contributed by atoms with Crippen molar-refractivity contribution in [2.45, 2.75) is 45.8 Å². The van der Waals surface area contributed by atoms with Crippen LogP contribution in [-0.4, -0.2) is 18.3 Å². The normalized spacial score (nSPS) is 22.6. The van der Waals surface area contributed by atoms with E-state index in [4.69, 9.17) is 14.0 Å². The Balaban J connectivity index is 2.71. The molecule has 0 aromatic rings. The predicted octanol–water partition coefficient (Wildman–Crippen LogP) is 2.68. The molecule has 1 fully saturated rings. The Bertz CT molecular complexity index is 278. The van der Waals surface area contributed by atoms with Crippen LogP contribution in [0.4, 0.5) is 0 Å². The van der Waals surface area contributed by atoms with Crippen molar-refractivity contribution in [3.8, 4) is 0 Å². The van der Waals surface area contributed by atoms with Crippen LogP contribution in [0.5, 0.6) is 0 Å². The summed E-state index contributed by atoms with van der Waals surface area (Å²) >= 11 is 0. The van der Waals surface area contributed by atoms with Crippen molar-refractivity contribution in [3.63, 3.8) is 0 Å². The van der Waals surface area contributed by atoms with Gasteiger partial charge in [0.15, 0.2) is 0 Å². The van der Waals surface area contributed by atoms with Gasteiger partial charge in [0.2, 0.25) is 0 Å². The van der Waals surface area contributed by atoms with Crippen LogP contribution in [0.15, 0.2) is 24.6 Å². The average molecular weight is 210 g/mol. The van der Waals surface area contributed by atoms with Gasteiger partial charge in [-0.15, -0.1) is 0 Å². The molecule has 1 aliphatic rings. The van der Waals surface area contributed by atoms with Gasteiger partial charge >= 0.3 is 7.12 Å². The highest BCUT2D eigenvalue weighted by Crippen LogP contribution is 2.38. The fraction of sp³-hybridized carbons (Fsp3) is 0.636. The Morgan fingerprint density at radius 3 is 1.80 bits per heavy atom. The van der Waals surface area contributed by atoms with E-state index >= 15 is 0 Å². The second-order valence-electron chi connectivity index (χ2n) is 4.86. The highest BCUT2D eigenvalue weighted by Gasteiger charge is 2.53. The van der Waals surface area contributed by atoms with Gasteiger partial charge in [0, 0.05) is 0 Å². The molecule has 1 saturated heterocycles. The van der Waals surface area contributed by atoms with Crippen LogP contribution < -0.4 is 0 Å². The zero-order chi connectivity index (χ0) is 11.9. The second-order valence-corrected chi connectivity index (χ2v) is 4.86. The van der Waals surface area contributed by atoms with E-state index in [-0.39, 0.29) is 11.2 Å². The molecule has 0 spiro atoms. The molecule has 0 aliphatic carbocycles. The van der Waals surface area contributed by atoms with Crippen LogP contribution >= 0.6 is 0 Å². The van der Waals surface area contributed by atoms with Crippen LogP contribution in [0.2, 0.25) is 0 Å². The molecule has 0 aromatic carbocycles. The molecule has 1 heterocycles. The Hall–Kier alpha value is -0.735. The molecule has 0 amide bonds. The minimum atomic E-state index is -0.522. The van der Waals surface area contributed by atoms with Crippen LogP contribution in [0.3, 0.4) is 0 Å². The molecule has 15 heavy (non-hydrogen) atoms. The minimum absolute atomic E-state index is 0.362. The summed E-state index contributed by atoms with van der Waals surface area (Å²) in [5.74, 6) is 0.578. The van der Waals surface area contributed by atoms with Crippen LogP contribution in [0.25, 0.3) is 0 Å². The summed E-state index contributed by atoms with van der Waals surface area (Å²) in [6.45, 7) is 17.1. The molecule has 0 saturated carbocycles. The molecule has 0 atom stereocenters. The van der Waals surface area contributed by atoms with E-state index in [9.17, 15) is 0 Å². The molecule has 1 aliphatic heterocycles. The molecular formula is C11H19BO3. The Morgan fingerprint density at radius 2 is 1.47 bits per heavy atom. The number of allylic oxidation sites excluding steroid dienone is 1. The summed E-state index contributed by atoms with van der Waals surface area (Å²) in [7, 11) is -0.522. The Labute approximate surface area is 92.2 Å². The first kappa shape index (κ1) is 12.3. The van der Waals surface area contributed by atoms with Crippen molar-refractivity contribution in [1.29, 1.82) is 0 Å². The number of hydrogen-bond donors (Lipinski definition) is 0. The van der Waals surface area contributed by atoms with Crippen molar-refractivity contribution in [1.82, 2.24) is 0 Å². The van der Waals surface area contributed by atoms with Gasteiger partial charge in [-0.05, 0) is 34.6 Å². The Morgan fingerprint density at radius 1 is 1.07 bits per heavy atom. The first-order chi connectivity index (χ1) is 6.66. The van der Waals surface area contributed by atoms with Gasteiger partial charge in [0.1, 0.15) is 5.66 Å². The van der Waals surface area contributed by atoms with E-state index in [0.29, 0.717) is 11.4 Å². The van der Waals surface area contributed by atoms with Gasteiger partial charge in [0.25, 0.3) is 0 Å². The summed E-state index contributed by atoms with van der Waals surface area (Å²) < 4.78 is 16.8. The number of rotatable bonds is 3. The Kier molecular flexibility index (Phi) is 3.03. The molecule has 4 heteroatoms.